The summed E-state index contributed by atoms with van der Waals surface area (Å²) in [4.78, 5) is 20.8. The van der Waals surface area contributed by atoms with Gasteiger partial charge in [-0.15, -0.1) is 0 Å². The first-order valence-corrected chi connectivity index (χ1v) is 9.97. The lowest BCUT2D eigenvalue weighted by Gasteiger charge is -2.29. The number of hydrogen-bond acceptors (Lipinski definition) is 4. The normalized spacial score (nSPS) is 14.6. The minimum Gasteiger partial charge on any atom is -0.378 e. The van der Waals surface area contributed by atoms with Crippen molar-refractivity contribution in [2.75, 3.05) is 38.3 Å². The first-order valence-electron chi connectivity index (χ1n) is 9.59. The Morgan fingerprint density at radius 3 is 2.72 bits per heavy atom. The molecule has 3 heterocycles. The zero-order chi connectivity index (χ0) is 20.2. The Bertz CT molecular complexity index is 1020. The zero-order valence-electron chi connectivity index (χ0n) is 16.3. The second-order valence-corrected chi connectivity index (χ2v) is 7.37. The molecule has 29 heavy (non-hydrogen) atoms. The number of rotatable bonds is 5. The average molecular weight is 411 g/mol. The Morgan fingerprint density at radius 1 is 1.21 bits per heavy atom. The summed E-state index contributed by atoms with van der Waals surface area (Å²) in [6.45, 7) is 3.89. The summed E-state index contributed by atoms with van der Waals surface area (Å²) in [6.07, 6.45) is 5.12. The van der Waals surface area contributed by atoms with Gasteiger partial charge < -0.3 is 14.5 Å². The number of aromatic nitrogens is 2. The van der Waals surface area contributed by atoms with Gasteiger partial charge in [0, 0.05) is 44.6 Å². The highest BCUT2D eigenvalue weighted by atomic mass is 35.5. The van der Waals surface area contributed by atoms with Crippen LogP contribution in [0.1, 0.15) is 11.3 Å². The molecule has 3 aromatic rings. The van der Waals surface area contributed by atoms with E-state index < -0.39 is 0 Å². The van der Waals surface area contributed by atoms with Crippen molar-refractivity contribution in [2.45, 2.75) is 6.54 Å². The van der Waals surface area contributed by atoms with Crippen molar-refractivity contribution in [1.82, 2.24) is 14.3 Å². The monoisotopic (exact) mass is 410 g/mol. The fourth-order valence-corrected chi connectivity index (χ4v) is 3.64. The molecule has 1 saturated heterocycles. The SMILES string of the molecule is CN(Cc1ccc(N2CCOCC2)cc1)C(=O)/C=C/c1c(Cl)nc2ccccn12. The van der Waals surface area contributed by atoms with Crippen molar-refractivity contribution >= 4 is 34.9 Å². The van der Waals surface area contributed by atoms with Gasteiger partial charge in [-0.3, -0.25) is 9.20 Å². The van der Waals surface area contributed by atoms with Gasteiger partial charge in [-0.2, -0.15) is 0 Å². The van der Waals surface area contributed by atoms with Crippen molar-refractivity contribution in [1.29, 1.82) is 0 Å². The van der Waals surface area contributed by atoms with Gasteiger partial charge in [0.1, 0.15) is 5.65 Å². The molecule has 0 atom stereocenters. The Kier molecular flexibility index (Phi) is 5.83. The highest BCUT2D eigenvalue weighted by Gasteiger charge is 2.12. The van der Waals surface area contributed by atoms with Gasteiger partial charge in [0.2, 0.25) is 5.91 Å². The van der Waals surface area contributed by atoms with Crippen LogP contribution >= 0.6 is 11.6 Å². The summed E-state index contributed by atoms with van der Waals surface area (Å²) in [6, 6.07) is 14.0. The third-order valence-corrected chi connectivity index (χ3v) is 5.29. The molecule has 2 aromatic heterocycles. The van der Waals surface area contributed by atoms with E-state index in [1.54, 1.807) is 18.0 Å². The number of anilines is 1. The van der Waals surface area contributed by atoms with Crippen LogP contribution in [0.2, 0.25) is 5.15 Å². The summed E-state index contributed by atoms with van der Waals surface area (Å²) < 4.78 is 7.26. The van der Waals surface area contributed by atoms with E-state index in [9.17, 15) is 4.79 Å². The lowest BCUT2D eigenvalue weighted by Crippen LogP contribution is -2.36. The molecule has 150 valence electrons. The van der Waals surface area contributed by atoms with E-state index in [1.165, 1.54) is 11.8 Å². The molecule has 0 saturated carbocycles. The van der Waals surface area contributed by atoms with E-state index >= 15 is 0 Å². The van der Waals surface area contributed by atoms with E-state index in [1.807, 2.05) is 28.8 Å². The van der Waals surface area contributed by atoms with Crippen LogP contribution in [0.15, 0.2) is 54.7 Å². The summed E-state index contributed by atoms with van der Waals surface area (Å²) in [5.74, 6) is -0.0933. The molecule has 1 aliphatic heterocycles. The summed E-state index contributed by atoms with van der Waals surface area (Å²) >= 11 is 6.22. The van der Waals surface area contributed by atoms with E-state index in [-0.39, 0.29) is 5.91 Å². The van der Waals surface area contributed by atoms with Gasteiger partial charge in [-0.25, -0.2) is 4.98 Å². The van der Waals surface area contributed by atoms with Gasteiger partial charge in [0.05, 0.1) is 18.9 Å². The highest BCUT2D eigenvalue weighted by Crippen LogP contribution is 2.20. The molecule has 1 fully saturated rings. The van der Waals surface area contributed by atoms with Crippen molar-refractivity contribution in [3.05, 3.63) is 71.1 Å². The van der Waals surface area contributed by atoms with E-state index in [4.69, 9.17) is 16.3 Å². The second-order valence-electron chi connectivity index (χ2n) is 7.01. The van der Waals surface area contributed by atoms with Crippen LogP contribution in [0.3, 0.4) is 0 Å². The third-order valence-electron chi connectivity index (χ3n) is 5.01. The number of carbonyl (C=O) groups is 1. The maximum atomic E-state index is 12.5. The smallest absolute Gasteiger partial charge is 0.246 e. The van der Waals surface area contributed by atoms with Gasteiger partial charge in [-0.05, 0) is 35.9 Å². The molecule has 0 N–H and O–H groups in total. The standard InChI is InChI=1S/C22H23ClN4O2/c1-25(16-17-5-7-18(8-6-17)26-12-14-29-15-13-26)21(28)10-9-19-22(23)24-20-4-2-3-11-27(19)20/h2-11H,12-16H2,1H3/b10-9+. The molecule has 7 heteroatoms. The zero-order valence-corrected chi connectivity index (χ0v) is 17.0. The average Bonchev–Trinajstić information content (AvgIpc) is 3.08. The fourth-order valence-electron chi connectivity index (χ4n) is 3.40. The lowest BCUT2D eigenvalue weighted by atomic mass is 10.1. The molecule has 4 rings (SSSR count). The molecule has 0 bridgehead atoms. The van der Waals surface area contributed by atoms with Crippen LogP contribution in [0.5, 0.6) is 0 Å². The largest absolute Gasteiger partial charge is 0.378 e. The van der Waals surface area contributed by atoms with E-state index in [0.29, 0.717) is 17.4 Å². The Labute approximate surface area is 175 Å². The van der Waals surface area contributed by atoms with Crippen LogP contribution in [-0.2, 0) is 16.1 Å². The number of amides is 1. The number of halogens is 1. The molecular formula is C22H23ClN4O2. The first-order chi connectivity index (χ1) is 14.1. The number of likely N-dealkylation sites (N-methyl/N-ethyl adjacent to an activating group) is 1. The number of benzene rings is 1. The first kappa shape index (κ1) is 19.5. The molecule has 1 aliphatic rings. The lowest BCUT2D eigenvalue weighted by molar-refractivity contribution is -0.125. The molecule has 6 nitrogen and oxygen atoms in total. The molecule has 1 amide bonds. The number of fused-ring (bicyclic) bond motifs is 1. The van der Waals surface area contributed by atoms with Crippen LogP contribution in [-0.4, -0.2) is 53.5 Å². The number of nitrogens with zero attached hydrogens (tertiary/aromatic N) is 4. The molecule has 0 unspecified atom stereocenters. The van der Waals surface area contributed by atoms with Crippen LogP contribution in [0.4, 0.5) is 5.69 Å². The second kappa shape index (κ2) is 8.68. The molecular weight excluding hydrogens is 388 g/mol. The molecule has 0 radical (unpaired) electrons. The molecule has 0 aliphatic carbocycles. The predicted molar refractivity (Wildman–Crippen MR) is 115 cm³/mol. The van der Waals surface area contributed by atoms with Gasteiger partial charge in [-0.1, -0.05) is 29.8 Å². The summed E-state index contributed by atoms with van der Waals surface area (Å²) in [5, 5.41) is 0.376. The Morgan fingerprint density at radius 2 is 1.97 bits per heavy atom. The quantitative estimate of drug-likeness (QED) is 0.604. The van der Waals surface area contributed by atoms with Crippen molar-refractivity contribution in [3.8, 4) is 0 Å². The fraction of sp³-hybridized carbons (Fsp3) is 0.273. The van der Waals surface area contributed by atoms with Crippen LogP contribution in [0, 0.1) is 0 Å². The van der Waals surface area contributed by atoms with Crippen LogP contribution < -0.4 is 4.90 Å². The Balaban J connectivity index is 1.40. The van der Waals surface area contributed by atoms with Crippen molar-refractivity contribution < 1.29 is 9.53 Å². The predicted octanol–water partition coefficient (Wildman–Crippen LogP) is 3.50. The third kappa shape index (κ3) is 4.44. The number of carbonyl (C=O) groups excluding carboxylic acids is 1. The van der Waals surface area contributed by atoms with Gasteiger partial charge in [0.15, 0.2) is 5.15 Å². The number of morpholine rings is 1. The van der Waals surface area contributed by atoms with Gasteiger partial charge in [0.25, 0.3) is 0 Å². The highest BCUT2D eigenvalue weighted by molar-refractivity contribution is 6.31. The summed E-state index contributed by atoms with van der Waals surface area (Å²) in [5.41, 5.74) is 3.71. The van der Waals surface area contributed by atoms with Gasteiger partial charge >= 0.3 is 0 Å². The van der Waals surface area contributed by atoms with Crippen molar-refractivity contribution in [3.63, 3.8) is 0 Å². The van der Waals surface area contributed by atoms with Crippen molar-refractivity contribution in [2.24, 2.45) is 0 Å². The minimum absolute atomic E-state index is 0.0933. The number of pyridine rings is 1. The van der Waals surface area contributed by atoms with E-state index in [2.05, 4.69) is 34.1 Å². The number of imidazole rings is 1. The topological polar surface area (TPSA) is 50.1 Å². The minimum atomic E-state index is -0.0933. The number of hydrogen-bond donors (Lipinski definition) is 0. The van der Waals surface area contributed by atoms with Crippen LogP contribution in [0.25, 0.3) is 11.7 Å². The maximum absolute atomic E-state index is 12.5. The molecule has 0 spiro atoms. The molecule has 1 aromatic carbocycles. The number of ether oxygens (including phenoxy) is 1. The summed E-state index contributed by atoms with van der Waals surface area (Å²) in [7, 11) is 1.79. The maximum Gasteiger partial charge on any atom is 0.246 e. The Hall–Kier alpha value is -2.83. The van der Waals surface area contributed by atoms with E-state index in [0.717, 1.165) is 37.5 Å².